The fourth-order valence-electron chi connectivity index (χ4n) is 2.22. The summed E-state index contributed by atoms with van der Waals surface area (Å²) in [5, 5.41) is 3.05. The predicted octanol–water partition coefficient (Wildman–Crippen LogP) is 4.42. The van der Waals surface area contributed by atoms with E-state index in [4.69, 9.17) is 12.2 Å². The van der Waals surface area contributed by atoms with Crippen LogP contribution in [0.25, 0.3) is 0 Å². The Morgan fingerprint density at radius 1 is 1.32 bits per heavy atom. The van der Waals surface area contributed by atoms with Crippen LogP contribution in [0.5, 0.6) is 0 Å². The van der Waals surface area contributed by atoms with E-state index in [1.165, 1.54) is 17.3 Å². The Bertz CT molecular complexity index is 525. The Kier molecular flexibility index (Phi) is 7.90. The fraction of sp³-hybridized carbons (Fsp3) is 0.529. The largest absolute Gasteiger partial charge is 0.358 e. The van der Waals surface area contributed by atoms with Crippen molar-refractivity contribution in [1.29, 1.82) is 0 Å². The summed E-state index contributed by atoms with van der Waals surface area (Å²) in [5.74, 6) is 0.719. The van der Waals surface area contributed by atoms with Crippen molar-refractivity contribution in [2.75, 3.05) is 24.2 Å². The van der Waals surface area contributed by atoms with Crippen molar-refractivity contribution in [1.82, 2.24) is 4.90 Å². The van der Waals surface area contributed by atoms with Crippen molar-refractivity contribution < 1.29 is 4.79 Å². The lowest BCUT2D eigenvalue weighted by Crippen LogP contribution is -2.28. The van der Waals surface area contributed by atoms with Crippen LogP contribution >= 0.6 is 24.0 Å². The van der Waals surface area contributed by atoms with Gasteiger partial charge in [-0.25, -0.2) is 0 Å². The van der Waals surface area contributed by atoms with E-state index in [1.54, 1.807) is 0 Å². The summed E-state index contributed by atoms with van der Waals surface area (Å²) in [6, 6.07) is 6.13. The van der Waals surface area contributed by atoms with Crippen LogP contribution in [-0.4, -0.2) is 34.0 Å². The molecule has 0 unspecified atom stereocenters. The van der Waals surface area contributed by atoms with Crippen LogP contribution in [0.3, 0.4) is 0 Å². The third kappa shape index (κ3) is 5.29. The number of para-hydroxylation sites is 1. The molecular formula is C17H26N2OS2. The Hall–Kier alpha value is -1.07. The quantitative estimate of drug-likeness (QED) is 0.778. The molecule has 0 atom stereocenters. The van der Waals surface area contributed by atoms with Gasteiger partial charge in [0, 0.05) is 18.8 Å². The number of aryl methyl sites for hydroxylation is 1. The van der Waals surface area contributed by atoms with Crippen LogP contribution in [0, 0.1) is 6.92 Å². The van der Waals surface area contributed by atoms with Gasteiger partial charge in [0.1, 0.15) is 4.32 Å². The zero-order valence-corrected chi connectivity index (χ0v) is 15.7. The summed E-state index contributed by atoms with van der Waals surface area (Å²) >= 11 is 6.79. The highest BCUT2D eigenvalue weighted by Crippen LogP contribution is 2.27. The summed E-state index contributed by atoms with van der Waals surface area (Å²) in [6.45, 7) is 12.2. The van der Waals surface area contributed by atoms with Crippen molar-refractivity contribution in [3.05, 3.63) is 29.3 Å². The van der Waals surface area contributed by atoms with Crippen molar-refractivity contribution in [3.63, 3.8) is 0 Å². The van der Waals surface area contributed by atoms with E-state index in [-0.39, 0.29) is 5.91 Å². The molecule has 1 rings (SSSR count). The molecule has 1 amide bonds. The molecule has 0 spiro atoms. The Morgan fingerprint density at radius 2 is 1.95 bits per heavy atom. The molecule has 0 radical (unpaired) electrons. The minimum Gasteiger partial charge on any atom is -0.358 e. The Morgan fingerprint density at radius 3 is 2.50 bits per heavy atom. The number of hydrogen-bond donors (Lipinski definition) is 1. The summed E-state index contributed by atoms with van der Waals surface area (Å²) in [4.78, 5) is 14.3. The standard InChI is InChI=1S/C17H26N2OS2/c1-6-19(7-2)17(21)22-11-15(20)18-16-13(5)9-8-10-14(16)12(3)4/h8-10,12H,6-7,11H2,1-5H3,(H,18,20). The average Bonchev–Trinajstić information content (AvgIpc) is 2.48. The molecule has 0 bridgehead atoms. The molecule has 3 nitrogen and oxygen atoms in total. The van der Waals surface area contributed by atoms with E-state index in [0.29, 0.717) is 11.7 Å². The lowest BCUT2D eigenvalue weighted by atomic mass is 9.98. The van der Waals surface area contributed by atoms with Crippen LogP contribution in [-0.2, 0) is 4.79 Å². The Labute approximate surface area is 143 Å². The number of carbonyl (C=O) groups excluding carboxylic acids is 1. The maximum atomic E-state index is 12.2. The van der Waals surface area contributed by atoms with Crippen LogP contribution < -0.4 is 5.32 Å². The predicted molar refractivity (Wildman–Crippen MR) is 102 cm³/mol. The maximum absolute atomic E-state index is 12.2. The van der Waals surface area contributed by atoms with Crippen LogP contribution in [0.4, 0.5) is 5.69 Å². The molecule has 0 fully saturated rings. The molecule has 1 aromatic carbocycles. The smallest absolute Gasteiger partial charge is 0.234 e. The zero-order chi connectivity index (χ0) is 16.7. The highest BCUT2D eigenvalue weighted by atomic mass is 32.2. The normalized spacial score (nSPS) is 10.6. The monoisotopic (exact) mass is 338 g/mol. The Balaban J connectivity index is 2.69. The third-order valence-electron chi connectivity index (χ3n) is 3.54. The number of rotatable bonds is 6. The first-order chi connectivity index (χ1) is 10.4. The van der Waals surface area contributed by atoms with Gasteiger partial charge in [0.25, 0.3) is 0 Å². The number of thioether (sulfide) groups is 1. The van der Waals surface area contributed by atoms with Gasteiger partial charge >= 0.3 is 0 Å². The van der Waals surface area contributed by atoms with Crippen LogP contribution in [0.1, 0.15) is 44.7 Å². The highest BCUT2D eigenvalue weighted by Gasteiger charge is 2.13. The van der Waals surface area contributed by atoms with E-state index >= 15 is 0 Å². The number of anilines is 1. The second-order valence-corrected chi connectivity index (χ2v) is 7.08. The minimum absolute atomic E-state index is 0.00398. The average molecular weight is 339 g/mol. The fourth-order valence-corrected chi connectivity index (χ4v) is 3.42. The summed E-state index contributed by atoms with van der Waals surface area (Å²) in [5.41, 5.74) is 3.21. The number of benzene rings is 1. The number of amides is 1. The summed E-state index contributed by atoms with van der Waals surface area (Å²) in [7, 11) is 0. The molecule has 1 aromatic rings. The molecule has 5 heteroatoms. The second kappa shape index (κ2) is 9.16. The van der Waals surface area contributed by atoms with Gasteiger partial charge in [-0.2, -0.15) is 0 Å². The van der Waals surface area contributed by atoms with Crippen molar-refractivity contribution in [2.45, 2.75) is 40.5 Å². The molecule has 0 aromatic heterocycles. The minimum atomic E-state index is -0.00398. The lowest BCUT2D eigenvalue weighted by molar-refractivity contribution is -0.113. The van der Waals surface area contributed by atoms with Crippen LogP contribution in [0.2, 0.25) is 0 Å². The molecule has 0 aliphatic carbocycles. The van der Waals surface area contributed by atoms with Gasteiger partial charge in [-0.15, -0.1) is 0 Å². The molecule has 22 heavy (non-hydrogen) atoms. The second-order valence-electron chi connectivity index (χ2n) is 5.47. The van der Waals surface area contributed by atoms with E-state index in [0.717, 1.165) is 28.7 Å². The van der Waals surface area contributed by atoms with Gasteiger partial charge in [0.2, 0.25) is 5.91 Å². The van der Waals surface area contributed by atoms with Gasteiger partial charge in [0.15, 0.2) is 0 Å². The van der Waals surface area contributed by atoms with Crippen molar-refractivity contribution in [2.24, 2.45) is 0 Å². The van der Waals surface area contributed by atoms with Gasteiger partial charge in [-0.1, -0.05) is 56.0 Å². The number of nitrogens with zero attached hydrogens (tertiary/aromatic N) is 1. The SMILES string of the molecule is CCN(CC)C(=S)SCC(=O)Nc1c(C)cccc1C(C)C. The van der Waals surface area contributed by atoms with E-state index in [1.807, 2.05) is 19.1 Å². The summed E-state index contributed by atoms with van der Waals surface area (Å²) in [6.07, 6.45) is 0. The molecular weight excluding hydrogens is 312 g/mol. The topological polar surface area (TPSA) is 32.3 Å². The summed E-state index contributed by atoms with van der Waals surface area (Å²) < 4.78 is 0.786. The number of hydrogen-bond acceptors (Lipinski definition) is 3. The maximum Gasteiger partial charge on any atom is 0.234 e. The first-order valence-electron chi connectivity index (χ1n) is 7.71. The first kappa shape index (κ1) is 19.0. The van der Waals surface area contributed by atoms with E-state index in [9.17, 15) is 4.79 Å². The molecule has 0 aliphatic rings. The molecule has 0 aliphatic heterocycles. The van der Waals surface area contributed by atoms with E-state index in [2.05, 4.69) is 44.0 Å². The molecule has 0 heterocycles. The number of thiocarbonyl (C=S) groups is 1. The highest BCUT2D eigenvalue weighted by molar-refractivity contribution is 8.23. The number of nitrogens with one attached hydrogen (secondary N) is 1. The molecule has 0 saturated carbocycles. The molecule has 0 saturated heterocycles. The van der Waals surface area contributed by atoms with Crippen molar-refractivity contribution >= 4 is 39.9 Å². The third-order valence-corrected chi connectivity index (χ3v) is 5.06. The van der Waals surface area contributed by atoms with Gasteiger partial charge in [-0.05, 0) is 37.8 Å². The first-order valence-corrected chi connectivity index (χ1v) is 9.11. The van der Waals surface area contributed by atoms with Gasteiger partial charge in [-0.3, -0.25) is 4.79 Å². The number of carbonyl (C=O) groups is 1. The lowest BCUT2D eigenvalue weighted by Gasteiger charge is -2.21. The molecule has 1 N–H and O–H groups in total. The van der Waals surface area contributed by atoms with Gasteiger partial charge in [0.05, 0.1) is 5.75 Å². The van der Waals surface area contributed by atoms with Gasteiger partial charge < -0.3 is 10.2 Å². The zero-order valence-electron chi connectivity index (χ0n) is 14.1. The van der Waals surface area contributed by atoms with Crippen LogP contribution in [0.15, 0.2) is 18.2 Å². The van der Waals surface area contributed by atoms with Crippen molar-refractivity contribution in [3.8, 4) is 0 Å². The van der Waals surface area contributed by atoms with E-state index < -0.39 is 0 Å². The molecule has 122 valence electrons.